The first-order chi connectivity index (χ1) is 7.59. The third-order valence-corrected chi connectivity index (χ3v) is 4.69. The van der Waals surface area contributed by atoms with Crippen molar-refractivity contribution in [3.63, 3.8) is 0 Å². The van der Waals surface area contributed by atoms with Crippen LogP contribution in [0.4, 0.5) is 0 Å². The van der Waals surface area contributed by atoms with Gasteiger partial charge in [-0.1, -0.05) is 0 Å². The van der Waals surface area contributed by atoms with E-state index in [0.717, 1.165) is 38.0 Å². The van der Waals surface area contributed by atoms with Crippen molar-refractivity contribution in [2.24, 2.45) is 0 Å². The van der Waals surface area contributed by atoms with Gasteiger partial charge in [0.1, 0.15) is 0 Å². The molecule has 0 spiro atoms. The molecule has 0 unspecified atom stereocenters. The van der Waals surface area contributed by atoms with Gasteiger partial charge in [-0.15, -0.1) is 12.4 Å². The van der Waals surface area contributed by atoms with Crippen molar-refractivity contribution in [1.29, 1.82) is 0 Å². The molecule has 0 aromatic heterocycles. The number of allylic oxidation sites excluding steroid dienone is 6. The largest absolute Gasteiger partial charge is 0.147 e. The summed E-state index contributed by atoms with van der Waals surface area (Å²) in [4.78, 5) is 0. The fourth-order valence-corrected chi connectivity index (χ4v) is 3.28. The molecule has 0 aromatic carbocycles. The number of hydrogen-bond acceptors (Lipinski definition) is 1. The molecule has 0 heterocycles. The maximum absolute atomic E-state index is 5.94. The quantitative estimate of drug-likeness (QED) is 0.754. The Kier molecular flexibility index (Phi) is 5.19. The van der Waals surface area contributed by atoms with E-state index in [0.29, 0.717) is 0 Å². The fraction of sp³-hybridized carbons (Fsp3) is 0.429. The molecule has 0 saturated heterocycles. The van der Waals surface area contributed by atoms with E-state index in [9.17, 15) is 0 Å². The van der Waals surface area contributed by atoms with Gasteiger partial charge in [-0.2, -0.15) is 0 Å². The Morgan fingerprint density at radius 2 is 1.47 bits per heavy atom. The maximum Gasteiger partial charge on any atom is -0.147 e. The maximum atomic E-state index is 5.94. The van der Waals surface area contributed by atoms with E-state index >= 15 is 0 Å². The van der Waals surface area contributed by atoms with Crippen molar-refractivity contribution in [2.45, 2.75) is 39.2 Å². The summed E-state index contributed by atoms with van der Waals surface area (Å²) in [5, 5.41) is 0. The summed E-state index contributed by atoms with van der Waals surface area (Å²) in [6, 6.07) is 0. The van der Waals surface area contributed by atoms with E-state index in [1.807, 2.05) is 0 Å². The van der Waals surface area contributed by atoms with Crippen molar-refractivity contribution < 1.29 is 28.0 Å². The van der Waals surface area contributed by atoms with E-state index < -0.39 is 0 Å². The SMILES string of the molecule is CC1=C(C(C)([O][Zr])C2=C(C)C=CC2)CC=C1.Cl. The van der Waals surface area contributed by atoms with E-state index in [-0.39, 0.29) is 18.0 Å². The zero-order valence-electron chi connectivity index (χ0n) is 10.5. The molecule has 0 aromatic rings. The Hall–Kier alpha value is 0.0931. The molecule has 0 radical (unpaired) electrons. The van der Waals surface area contributed by atoms with Gasteiger partial charge in [-0.3, -0.25) is 0 Å². The third kappa shape index (κ3) is 2.60. The second kappa shape index (κ2) is 5.82. The summed E-state index contributed by atoms with van der Waals surface area (Å²) in [6.07, 6.45) is 11.0. The van der Waals surface area contributed by atoms with Crippen molar-refractivity contribution in [2.75, 3.05) is 0 Å². The molecule has 3 heteroatoms. The molecule has 1 nitrogen and oxygen atoms in total. The second-order valence-corrected chi connectivity index (χ2v) is 5.17. The molecule has 0 aliphatic heterocycles. The Balaban J connectivity index is 0.00000144. The van der Waals surface area contributed by atoms with Crippen LogP contribution in [-0.2, 0) is 28.0 Å². The topological polar surface area (TPSA) is 9.23 Å². The molecular weight excluding hydrogens is 311 g/mol. The van der Waals surface area contributed by atoms with Gasteiger partial charge in [-0.05, 0) is 0 Å². The van der Waals surface area contributed by atoms with Gasteiger partial charge in [0.05, 0.1) is 0 Å². The second-order valence-electron chi connectivity index (χ2n) is 4.67. The van der Waals surface area contributed by atoms with Crippen LogP contribution in [0.1, 0.15) is 33.6 Å². The molecule has 0 saturated carbocycles. The summed E-state index contributed by atoms with van der Waals surface area (Å²) < 4.78 is 5.94. The average molecular weight is 329 g/mol. The van der Waals surface area contributed by atoms with Gasteiger partial charge < -0.3 is 0 Å². The van der Waals surface area contributed by atoms with E-state index in [4.69, 9.17) is 2.81 Å². The van der Waals surface area contributed by atoms with Crippen LogP contribution in [-0.4, -0.2) is 5.60 Å². The van der Waals surface area contributed by atoms with Crippen LogP contribution < -0.4 is 0 Å². The fourth-order valence-electron chi connectivity index (χ4n) is 2.68. The summed E-state index contributed by atoms with van der Waals surface area (Å²) in [5.74, 6) is 0. The Bertz CT molecular complexity index is 394. The van der Waals surface area contributed by atoms with Crippen LogP contribution in [0.15, 0.2) is 46.6 Å². The van der Waals surface area contributed by atoms with Gasteiger partial charge in [0, 0.05) is 0 Å². The minimum Gasteiger partial charge on any atom is -0.147 e. The molecule has 2 rings (SSSR count). The Morgan fingerprint density at radius 1 is 1.06 bits per heavy atom. The monoisotopic (exact) mass is 327 g/mol. The van der Waals surface area contributed by atoms with Crippen LogP contribution in [0.2, 0.25) is 0 Å². The molecule has 91 valence electrons. The Morgan fingerprint density at radius 3 is 1.71 bits per heavy atom. The first kappa shape index (κ1) is 15.2. The standard InChI is InChI=1S/C14H17O.ClH.Zr/c1-10-6-4-8-12(10)14(3,15)13-9-5-7-11(13)2;;/h4-7H,8-9H2,1-3H3;1H;/q-1;;+1. The normalized spacial score (nSPS) is 19.2. The van der Waals surface area contributed by atoms with Crippen molar-refractivity contribution >= 4 is 12.4 Å². The summed E-state index contributed by atoms with van der Waals surface area (Å²) in [5.41, 5.74) is 5.43. The van der Waals surface area contributed by atoms with Crippen LogP contribution in [0, 0.1) is 0 Å². The molecule has 0 atom stereocenters. The van der Waals surface area contributed by atoms with Crippen molar-refractivity contribution in [1.82, 2.24) is 0 Å². The molecular formula is C14H18ClOZr. The molecule has 2 aliphatic carbocycles. The minimum absolute atomic E-state index is 0. The summed E-state index contributed by atoms with van der Waals surface area (Å²) >= 11 is 1.14. The predicted molar refractivity (Wildman–Crippen MR) is 69.7 cm³/mol. The van der Waals surface area contributed by atoms with E-state index in [1.165, 1.54) is 22.3 Å². The van der Waals surface area contributed by atoms with Crippen molar-refractivity contribution in [3.05, 3.63) is 46.6 Å². The summed E-state index contributed by atoms with van der Waals surface area (Å²) in [7, 11) is 0. The zero-order chi connectivity index (χ0) is 11.8. The van der Waals surface area contributed by atoms with E-state index in [1.54, 1.807) is 0 Å². The minimum atomic E-state index is -0.181. The van der Waals surface area contributed by atoms with Crippen LogP contribution in [0.5, 0.6) is 0 Å². The van der Waals surface area contributed by atoms with Gasteiger partial charge in [0.2, 0.25) is 0 Å². The molecule has 0 N–H and O–H groups in total. The van der Waals surface area contributed by atoms with Crippen LogP contribution in [0.3, 0.4) is 0 Å². The molecule has 0 bridgehead atoms. The number of hydrogen-bond donors (Lipinski definition) is 0. The first-order valence-corrected chi connectivity index (χ1v) is 6.68. The van der Waals surface area contributed by atoms with Crippen molar-refractivity contribution in [3.8, 4) is 0 Å². The molecule has 0 fully saturated rings. The van der Waals surface area contributed by atoms with Crippen LogP contribution >= 0.6 is 12.4 Å². The average Bonchev–Trinajstić information content (AvgIpc) is 2.86. The molecule has 2 aliphatic rings. The predicted octanol–water partition coefficient (Wildman–Crippen LogP) is 4.20. The van der Waals surface area contributed by atoms with E-state index in [2.05, 4.69) is 45.1 Å². The van der Waals surface area contributed by atoms with Gasteiger partial charge in [-0.25, -0.2) is 0 Å². The number of rotatable bonds is 3. The van der Waals surface area contributed by atoms with Gasteiger partial charge in [0.15, 0.2) is 0 Å². The Labute approximate surface area is 126 Å². The molecule has 0 amide bonds. The van der Waals surface area contributed by atoms with Gasteiger partial charge >= 0.3 is 114 Å². The number of halogens is 1. The molecule has 17 heavy (non-hydrogen) atoms. The smallest absolute Gasteiger partial charge is 0.147 e. The third-order valence-electron chi connectivity index (χ3n) is 3.69. The van der Waals surface area contributed by atoms with Crippen LogP contribution in [0.25, 0.3) is 0 Å². The summed E-state index contributed by atoms with van der Waals surface area (Å²) in [6.45, 7) is 6.59. The first-order valence-electron chi connectivity index (χ1n) is 5.68. The zero-order valence-corrected chi connectivity index (χ0v) is 13.8. The van der Waals surface area contributed by atoms with Gasteiger partial charge in [0.25, 0.3) is 0 Å².